The third-order valence-corrected chi connectivity index (χ3v) is 3.29. The Morgan fingerprint density at radius 3 is 1.40 bits per heavy atom. The first-order chi connectivity index (χ1) is 15.1. The maximum Gasteiger partial charge on any atom is 0.462 e. The lowest BCUT2D eigenvalue weighted by molar-refractivity contribution is -0.548. The van der Waals surface area contributed by atoms with E-state index < -0.39 is 67.6 Å². The Bertz CT molecular complexity index is 729. The summed E-state index contributed by atoms with van der Waals surface area (Å²) < 4.78 is 230. The fourth-order valence-electron chi connectivity index (χ4n) is 1.58. The summed E-state index contributed by atoms with van der Waals surface area (Å²) in [5, 5.41) is 0. The highest BCUT2D eigenvalue weighted by molar-refractivity contribution is 5.78. The van der Waals surface area contributed by atoms with Crippen molar-refractivity contribution in [1.82, 2.24) is 0 Å². The molecule has 2 unspecified atom stereocenters. The van der Waals surface area contributed by atoms with Gasteiger partial charge in [0.1, 0.15) is 6.61 Å². The van der Waals surface area contributed by atoms with Crippen molar-refractivity contribution in [3.8, 4) is 0 Å². The lowest BCUT2D eigenvalue weighted by atomic mass is 10.2. The molecular weight excluding hydrogens is 559 g/mol. The lowest BCUT2D eigenvalue weighted by Gasteiger charge is -2.39. The van der Waals surface area contributed by atoms with Crippen molar-refractivity contribution >= 4 is 5.97 Å². The van der Waals surface area contributed by atoms with Gasteiger partial charge in [0.05, 0.1) is 6.61 Å². The number of alkyl halides is 17. The van der Waals surface area contributed by atoms with E-state index in [-0.39, 0.29) is 6.61 Å². The topological polar surface area (TPSA) is 54.0 Å². The van der Waals surface area contributed by atoms with Crippen molar-refractivity contribution in [1.29, 1.82) is 0 Å². The first-order valence-corrected chi connectivity index (χ1v) is 8.01. The van der Waals surface area contributed by atoms with Crippen molar-refractivity contribution < 1.29 is 98.4 Å². The van der Waals surface area contributed by atoms with E-state index in [1.165, 1.54) is 11.7 Å². The van der Waals surface area contributed by atoms with E-state index in [0.717, 1.165) is 0 Å². The number of hydrogen-bond acceptors (Lipinski definition) is 5. The summed E-state index contributed by atoms with van der Waals surface area (Å²) in [6, 6.07) is 0. The van der Waals surface area contributed by atoms with Crippen molar-refractivity contribution in [2.75, 3.05) is 19.8 Å². The molecule has 0 aliphatic carbocycles. The van der Waals surface area contributed by atoms with Crippen LogP contribution in [-0.4, -0.2) is 74.2 Å². The van der Waals surface area contributed by atoms with Gasteiger partial charge in [0.15, 0.2) is 0 Å². The Kier molecular flexibility index (Phi) is 9.38. The first kappa shape index (κ1) is 33.2. The Balaban J connectivity index is 6.53. The van der Waals surface area contributed by atoms with E-state index >= 15 is 0 Å². The van der Waals surface area contributed by atoms with Gasteiger partial charge < -0.3 is 9.47 Å². The SMILES string of the molecule is CCOCCOC(=O)C(F)(OC(F)(F)C(F)(OC(F)(F)C(F)(F)C(F)(F)F)C(F)(F)F)C(F)(F)F. The van der Waals surface area contributed by atoms with Crippen molar-refractivity contribution in [2.24, 2.45) is 0 Å². The van der Waals surface area contributed by atoms with E-state index in [1.54, 1.807) is 0 Å². The molecule has 0 aliphatic rings. The highest BCUT2D eigenvalue weighted by Gasteiger charge is 2.85. The Morgan fingerprint density at radius 1 is 0.600 bits per heavy atom. The predicted octanol–water partition coefficient (Wildman–Crippen LogP) is 5.44. The molecule has 0 radical (unpaired) electrons. The van der Waals surface area contributed by atoms with Gasteiger partial charge in [-0.2, -0.15) is 74.6 Å². The van der Waals surface area contributed by atoms with Crippen LogP contribution < -0.4 is 0 Å². The van der Waals surface area contributed by atoms with E-state index in [1.807, 2.05) is 4.74 Å². The summed E-state index contributed by atoms with van der Waals surface area (Å²) in [5.74, 6) is -26.5. The van der Waals surface area contributed by atoms with Crippen LogP contribution in [0.25, 0.3) is 0 Å². The van der Waals surface area contributed by atoms with Crippen LogP contribution in [0.4, 0.5) is 74.6 Å². The van der Waals surface area contributed by atoms with Crippen molar-refractivity contribution in [3.63, 3.8) is 0 Å². The average Bonchev–Trinajstić information content (AvgIpc) is 2.61. The number of halogens is 17. The van der Waals surface area contributed by atoms with Crippen LogP contribution >= 0.6 is 0 Å². The second kappa shape index (κ2) is 9.90. The number of carbonyl (C=O) groups excluding carboxylic acids is 1. The van der Waals surface area contributed by atoms with E-state index in [9.17, 15) is 79.4 Å². The molecule has 0 aliphatic heterocycles. The van der Waals surface area contributed by atoms with Crippen LogP contribution in [0.3, 0.4) is 0 Å². The standard InChI is InChI=1S/C13H9F17O5/c1-2-32-3-4-33-5(31)6(14,9(18,19)20)34-13(29,30)8(17,11(24,25)26)35-12(27,28)7(15,16)10(21,22)23/h2-4H2,1H3. The molecule has 0 rings (SSSR count). The van der Waals surface area contributed by atoms with Gasteiger partial charge in [-0.05, 0) is 6.92 Å². The van der Waals surface area contributed by atoms with Gasteiger partial charge in [-0.1, -0.05) is 0 Å². The van der Waals surface area contributed by atoms with Crippen LogP contribution in [0.15, 0.2) is 0 Å². The van der Waals surface area contributed by atoms with Crippen LogP contribution in [0, 0.1) is 0 Å². The quantitative estimate of drug-likeness (QED) is 0.189. The minimum Gasteiger partial charge on any atom is -0.459 e. The highest BCUT2D eigenvalue weighted by atomic mass is 19.4. The van der Waals surface area contributed by atoms with Gasteiger partial charge >= 0.3 is 54.3 Å². The normalized spacial score (nSPS) is 18.1. The molecule has 0 aromatic rings. The van der Waals surface area contributed by atoms with Crippen LogP contribution in [0.5, 0.6) is 0 Å². The number of carbonyl (C=O) groups is 1. The molecule has 0 N–H and O–H groups in total. The largest absolute Gasteiger partial charge is 0.462 e. The van der Waals surface area contributed by atoms with E-state index in [2.05, 4.69) is 9.47 Å². The fourth-order valence-corrected chi connectivity index (χ4v) is 1.58. The smallest absolute Gasteiger partial charge is 0.459 e. The van der Waals surface area contributed by atoms with Gasteiger partial charge in [0.25, 0.3) is 0 Å². The van der Waals surface area contributed by atoms with Gasteiger partial charge in [-0.3, -0.25) is 9.47 Å². The molecule has 0 saturated heterocycles. The summed E-state index contributed by atoms with van der Waals surface area (Å²) in [5.41, 5.74) is 0. The Labute approximate surface area is 181 Å². The van der Waals surface area contributed by atoms with Gasteiger partial charge in [0.2, 0.25) is 0 Å². The zero-order valence-corrected chi connectivity index (χ0v) is 16.1. The summed E-state index contributed by atoms with van der Waals surface area (Å²) in [6.07, 6.45) is -38.6. The fraction of sp³-hybridized carbons (Fsp3) is 0.923. The molecule has 0 saturated carbocycles. The second-order valence-electron chi connectivity index (χ2n) is 5.83. The van der Waals surface area contributed by atoms with Crippen LogP contribution in [0.1, 0.15) is 6.92 Å². The molecule has 0 heterocycles. The van der Waals surface area contributed by atoms with Crippen molar-refractivity contribution in [2.45, 2.75) is 55.3 Å². The summed E-state index contributed by atoms with van der Waals surface area (Å²) in [4.78, 5) is 11.2. The average molecular weight is 568 g/mol. The Morgan fingerprint density at radius 2 is 1.06 bits per heavy atom. The predicted molar refractivity (Wildman–Crippen MR) is 70.3 cm³/mol. The third kappa shape index (κ3) is 6.49. The minimum atomic E-state index is -8.06. The molecule has 210 valence electrons. The summed E-state index contributed by atoms with van der Waals surface area (Å²) >= 11 is 0. The third-order valence-electron chi connectivity index (χ3n) is 3.29. The molecular formula is C13H9F17O5. The first-order valence-electron chi connectivity index (χ1n) is 8.01. The van der Waals surface area contributed by atoms with Gasteiger partial charge in [0, 0.05) is 6.61 Å². The molecule has 35 heavy (non-hydrogen) atoms. The summed E-state index contributed by atoms with van der Waals surface area (Å²) in [7, 11) is 0. The molecule has 5 nitrogen and oxygen atoms in total. The van der Waals surface area contributed by atoms with Gasteiger partial charge in [-0.25, -0.2) is 4.79 Å². The zero-order chi connectivity index (χ0) is 28.5. The maximum absolute atomic E-state index is 14.0. The molecule has 0 bridgehead atoms. The van der Waals surface area contributed by atoms with Crippen LogP contribution in [-0.2, 0) is 23.7 Å². The Hall–Kier alpha value is -1.84. The molecule has 0 amide bonds. The van der Waals surface area contributed by atoms with E-state index in [4.69, 9.17) is 0 Å². The van der Waals surface area contributed by atoms with E-state index in [0.29, 0.717) is 0 Å². The number of hydrogen-bond donors (Lipinski definition) is 0. The molecule has 0 spiro atoms. The van der Waals surface area contributed by atoms with Gasteiger partial charge in [-0.15, -0.1) is 0 Å². The molecule has 2 atom stereocenters. The minimum absolute atomic E-state index is 0.240. The monoisotopic (exact) mass is 568 g/mol. The number of ether oxygens (including phenoxy) is 4. The molecule has 0 aromatic heterocycles. The van der Waals surface area contributed by atoms with Crippen molar-refractivity contribution in [3.05, 3.63) is 0 Å². The number of rotatable bonds is 11. The molecule has 22 heteroatoms. The number of esters is 1. The van der Waals surface area contributed by atoms with Crippen LogP contribution in [0.2, 0.25) is 0 Å². The maximum atomic E-state index is 14.0. The molecule has 0 aromatic carbocycles. The zero-order valence-electron chi connectivity index (χ0n) is 16.1. The summed E-state index contributed by atoms with van der Waals surface area (Å²) in [6.45, 7) is -1.35. The lowest BCUT2D eigenvalue weighted by Crippen LogP contribution is -2.68. The molecule has 0 fully saturated rings. The highest BCUT2D eigenvalue weighted by Crippen LogP contribution is 2.56. The second-order valence-corrected chi connectivity index (χ2v) is 5.83.